The van der Waals surface area contributed by atoms with Crippen molar-refractivity contribution < 1.29 is 9.53 Å². The van der Waals surface area contributed by atoms with E-state index < -0.39 is 0 Å². The van der Waals surface area contributed by atoms with E-state index >= 15 is 0 Å². The van der Waals surface area contributed by atoms with E-state index in [2.05, 4.69) is 32.8 Å². The van der Waals surface area contributed by atoms with Crippen LogP contribution in [0, 0.1) is 0 Å². The van der Waals surface area contributed by atoms with Gasteiger partial charge in [0.15, 0.2) is 0 Å². The molecule has 1 aromatic rings. The quantitative estimate of drug-likeness (QED) is 0.495. The van der Waals surface area contributed by atoms with Gasteiger partial charge in [-0.15, -0.1) is 0 Å². The largest absolute Gasteiger partial charge is 0.502 e. The van der Waals surface area contributed by atoms with Gasteiger partial charge in [-0.1, -0.05) is 12.6 Å². The normalized spacial score (nSPS) is 9.56. The molecule has 0 aromatic carbocycles. The van der Waals surface area contributed by atoms with E-state index in [4.69, 9.17) is 4.74 Å². The second kappa shape index (κ2) is 7.00. The Bertz CT molecular complexity index is 369. The summed E-state index contributed by atoms with van der Waals surface area (Å²) >= 11 is 3.21. The molecule has 0 aliphatic rings. The average molecular weight is 285 g/mol. The molecule has 0 spiro atoms. The van der Waals surface area contributed by atoms with Crippen molar-refractivity contribution in [3.63, 3.8) is 0 Å². The number of hydrogen-bond acceptors (Lipinski definition) is 3. The first-order valence-electron chi connectivity index (χ1n) is 4.87. The molecular weight excluding hydrogens is 272 g/mol. The standard InChI is InChI=1S/C11H13BrN2O2/c1-2-16-8-4-7-13-11(15)9-5-3-6-10(12)14-9/h2-3,5-6H,1,4,7-8H2,(H,13,15). The molecule has 0 saturated heterocycles. The second-order valence-electron chi connectivity index (χ2n) is 2.99. The maximum absolute atomic E-state index is 11.6. The number of pyridine rings is 1. The van der Waals surface area contributed by atoms with Crippen molar-refractivity contribution in [3.8, 4) is 0 Å². The van der Waals surface area contributed by atoms with E-state index in [1.807, 2.05) is 0 Å². The van der Waals surface area contributed by atoms with Crippen LogP contribution in [0.5, 0.6) is 0 Å². The van der Waals surface area contributed by atoms with Crippen molar-refractivity contribution in [2.45, 2.75) is 6.42 Å². The van der Waals surface area contributed by atoms with Crippen molar-refractivity contribution in [3.05, 3.63) is 41.3 Å². The number of carbonyl (C=O) groups excluding carboxylic acids is 1. The molecule has 0 radical (unpaired) electrons. The highest BCUT2D eigenvalue weighted by molar-refractivity contribution is 9.10. The molecule has 1 N–H and O–H groups in total. The Labute approximate surface area is 103 Å². The molecule has 0 aliphatic carbocycles. The molecule has 0 aliphatic heterocycles. The first-order chi connectivity index (χ1) is 7.74. The Kier molecular flexibility index (Phi) is 5.56. The van der Waals surface area contributed by atoms with Gasteiger partial charge in [0.2, 0.25) is 0 Å². The van der Waals surface area contributed by atoms with E-state index in [-0.39, 0.29) is 5.91 Å². The van der Waals surface area contributed by atoms with E-state index in [0.717, 1.165) is 6.42 Å². The molecule has 0 atom stereocenters. The molecule has 1 heterocycles. The minimum absolute atomic E-state index is 0.181. The number of carbonyl (C=O) groups is 1. The summed E-state index contributed by atoms with van der Waals surface area (Å²) in [5.41, 5.74) is 0.402. The van der Waals surface area contributed by atoms with Crippen molar-refractivity contribution in [2.24, 2.45) is 0 Å². The third kappa shape index (κ3) is 4.44. The highest BCUT2D eigenvalue weighted by atomic mass is 79.9. The lowest BCUT2D eigenvalue weighted by Gasteiger charge is -2.04. The van der Waals surface area contributed by atoms with E-state index in [1.165, 1.54) is 6.26 Å². The lowest BCUT2D eigenvalue weighted by Crippen LogP contribution is -2.26. The van der Waals surface area contributed by atoms with Crippen molar-refractivity contribution in [2.75, 3.05) is 13.2 Å². The molecule has 0 bridgehead atoms. The van der Waals surface area contributed by atoms with Gasteiger partial charge >= 0.3 is 0 Å². The molecule has 0 fully saturated rings. The molecule has 4 nitrogen and oxygen atoms in total. The van der Waals surface area contributed by atoms with Crippen molar-refractivity contribution in [1.82, 2.24) is 10.3 Å². The summed E-state index contributed by atoms with van der Waals surface area (Å²) < 4.78 is 5.58. The number of amides is 1. The summed E-state index contributed by atoms with van der Waals surface area (Å²) in [4.78, 5) is 15.6. The fraction of sp³-hybridized carbons (Fsp3) is 0.273. The lowest BCUT2D eigenvalue weighted by atomic mass is 10.3. The molecule has 0 unspecified atom stereocenters. The van der Waals surface area contributed by atoms with Crippen molar-refractivity contribution >= 4 is 21.8 Å². The third-order valence-electron chi connectivity index (χ3n) is 1.79. The predicted octanol–water partition coefficient (Wildman–Crippen LogP) is 2.12. The molecule has 16 heavy (non-hydrogen) atoms. The third-order valence-corrected chi connectivity index (χ3v) is 2.23. The van der Waals surface area contributed by atoms with Crippen LogP contribution in [-0.2, 0) is 4.74 Å². The van der Waals surface area contributed by atoms with Crippen LogP contribution in [0.25, 0.3) is 0 Å². The van der Waals surface area contributed by atoms with Crippen LogP contribution in [0.15, 0.2) is 35.6 Å². The summed E-state index contributed by atoms with van der Waals surface area (Å²) in [6, 6.07) is 5.21. The Morgan fingerprint density at radius 3 is 3.12 bits per heavy atom. The molecule has 1 rings (SSSR count). The number of aromatic nitrogens is 1. The van der Waals surface area contributed by atoms with Crippen LogP contribution >= 0.6 is 15.9 Å². The molecule has 86 valence electrons. The number of halogens is 1. The highest BCUT2D eigenvalue weighted by Gasteiger charge is 2.05. The van der Waals surface area contributed by atoms with Crippen molar-refractivity contribution in [1.29, 1.82) is 0 Å². The fourth-order valence-electron chi connectivity index (χ4n) is 1.07. The molecular formula is C11H13BrN2O2. The Morgan fingerprint density at radius 2 is 2.44 bits per heavy atom. The van der Waals surface area contributed by atoms with E-state index in [0.29, 0.717) is 23.4 Å². The van der Waals surface area contributed by atoms with Gasteiger partial charge in [0.25, 0.3) is 5.91 Å². The molecule has 1 amide bonds. The fourth-order valence-corrected chi connectivity index (χ4v) is 1.41. The summed E-state index contributed by atoms with van der Waals surface area (Å²) in [6.45, 7) is 4.53. The minimum Gasteiger partial charge on any atom is -0.502 e. The topological polar surface area (TPSA) is 51.2 Å². The Morgan fingerprint density at radius 1 is 1.62 bits per heavy atom. The molecule has 0 saturated carbocycles. The average Bonchev–Trinajstić information content (AvgIpc) is 2.28. The van der Waals surface area contributed by atoms with Gasteiger partial charge in [0.05, 0.1) is 12.9 Å². The van der Waals surface area contributed by atoms with Crippen LogP contribution in [0.2, 0.25) is 0 Å². The van der Waals surface area contributed by atoms with Crippen LogP contribution in [0.4, 0.5) is 0 Å². The summed E-state index contributed by atoms with van der Waals surface area (Å²) in [7, 11) is 0. The number of nitrogens with one attached hydrogen (secondary N) is 1. The van der Waals surface area contributed by atoms with Gasteiger partial charge in [-0.25, -0.2) is 4.98 Å². The second-order valence-corrected chi connectivity index (χ2v) is 3.80. The number of hydrogen-bond donors (Lipinski definition) is 1. The first kappa shape index (κ1) is 12.7. The lowest BCUT2D eigenvalue weighted by molar-refractivity contribution is 0.0945. The van der Waals surface area contributed by atoms with Crippen LogP contribution in [0.3, 0.4) is 0 Å². The van der Waals surface area contributed by atoms with Gasteiger partial charge in [-0.05, 0) is 34.5 Å². The smallest absolute Gasteiger partial charge is 0.269 e. The zero-order valence-electron chi connectivity index (χ0n) is 8.78. The first-order valence-corrected chi connectivity index (χ1v) is 5.66. The van der Waals surface area contributed by atoms with Crippen LogP contribution in [-0.4, -0.2) is 24.0 Å². The highest BCUT2D eigenvalue weighted by Crippen LogP contribution is 2.05. The van der Waals surface area contributed by atoms with Gasteiger partial charge < -0.3 is 10.1 Å². The summed E-state index contributed by atoms with van der Waals surface area (Å²) in [5.74, 6) is -0.181. The molecule has 5 heteroatoms. The monoisotopic (exact) mass is 284 g/mol. The SMILES string of the molecule is C=COCCCNC(=O)c1cccc(Br)n1. The predicted molar refractivity (Wildman–Crippen MR) is 65.0 cm³/mol. The van der Waals surface area contributed by atoms with Gasteiger partial charge in [-0.3, -0.25) is 4.79 Å². The number of ether oxygens (including phenoxy) is 1. The van der Waals surface area contributed by atoms with Crippen LogP contribution in [0.1, 0.15) is 16.9 Å². The Balaban J connectivity index is 2.32. The summed E-state index contributed by atoms with van der Waals surface area (Å²) in [6.07, 6.45) is 2.13. The maximum atomic E-state index is 11.6. The van der Waals surface area contributed by atoms with Gasteiger partial charge in [0, 0.05) is 6.54 Å². The van der Waals surface area contributed by atoms with E-state index in [1.54, 1.807) is 18.2 Å². The Hall–Kier alpha value is -1.36. The number of nitrogens with zero attached hydrogens (tertiary/aromatic N) is 1. The van der Waals surface area contributed by atoms with Gasteiger partial charge in [0.1, 0.15) is 10.3 Å². The zero-order valence-corrected chi connectivity index (χ0v) is 10.4. The van der Waals surface area contributed by atoms with Gasteiger partial charge in [-0.2, -0.15) is 0 Å². The van der Waals surface area contributed by atoms with E-state index in [9.17, 15) is 4.79 Å². The molecule has 1 aromatic heterocycles. The number of rotatable bonds is 6. The summed E-state index contributed by atoms with van der Waals surface area (Å²) in [5, 5.41) is 2.75. The maximum Gasteiger partial charge on any atom is 0.269 e. The van der Waals surface area contributed by atoms with Crippen LogP contribution < -0.4 is 5.32 Å². The zero-order chi connectivity index (χ0) is 11.8. The minimum atomic E-state index is -0.181.